The summed E-state index contributed by atoms with van der Waals surface area (Å²) in [6.07, 6.45) is 4.60. The number of nitrogens with zero attached hydrogens (tertiary/aromatic N) is 2. The Morgan fingerprint density at radius 2 is 2.33 bits per heavy atom. The number of nitrogens with one attached hydrogen (secondary N) is 1. The third-order valence-corrected chi connectivity index (χ3v) is 3.02. The van der Waals surface area contributed by atoms with Gasteiger partial charge in [0.05, 0.1) is 26.3 Å². The minimum absolute atomic E-state index is 0.313. The normalized spacial score (nSPS) is 25.3. The second-order valence-electron chi connectivity index (χ2n) is 4.10. The number of hydrogen-bond donors (Lipinski definition) is 1. The maximum absolute atomic E-state index is 5.66. The average molecular weight is 209 g/mol. The highest BCUT2D eigenvalue weighted by molar-refractivity contribution is 4.92. The lowest BCUT2D eigenvalue weighted by atomic mass is 10.2. The number of hydrogen-bond acceptors (Lipinski definition) is 4. The van der Waals surface area contributed by atoms with E-state index in [0.717, 1.165) is 45.1 Å². The molecule has 2 aliphatic rings. The van der Waals surface area contributed by atoms with Crippen LogP contribution in [0.3, 0.4) is 0 Å². The zero-order chi connectivity index (χ0) is 10.1. The van der Waals surface area contributed by atoms with Crippen LogP contribution in [0.5, 0.6) is 0 Å². The van der Waals surface area contributed by atoms with Crippen molar-refractivity contribution < 1.29 is 9.47 Å². The second kappa shape index (κ2) is 3.59. The van der Waals surface area contributed by atoms with Crippen molar-refractivity contribution in [3.63, 3.8) is 0 Å². The van der Waals surface area contributed by atoms with Gasteiger partial charge in [0, 0.05) is 25.4 Å². The maximum atomic E-state index is 5.66. The average Bonchev–Trinajstić information content (AvgIpc) is 2.92. The van der Waals surface area contributed by atoms with Gasteiger partial charge < -0.3 is 14.5 Å². The fourth-order valence-electron chi connectivity index (χ4n) is 2.29. The van der Waals surface area contributed by atoms with E-state index in [-0.39, 0.29) is 5.79 Å². The predicted molar refractivity (Wildman–Crippen MR) is 53.1 cm³/mol. The first-order valence-electron chi connectivity index (χ1n) is 5.35. The predicted octanol–water partition coefficient (Wildman–Crippen LogP) is 0.358. The Bertz CT molecular complexity index is 319. The monoisotopic (exact) mass is 209 g/mol. The molecule has 5 nitrogen and oxygen atoms in total. The Hall–Kier alpha value is -0.910. The Morgan fingerprint density at radius 3 is 3.07 bits per heavy atom. The molecule has 0 aliphatic carbocycles. The van der Waals surface area contributed by atoms with Gasteiger partial charge in [-0.3, -0.25) is 4.90 Å². The van der Waals surface area contributed by atoms with Gasteiger partial charge in [0.25, 0.3) is 0 Å². The summed E-state index contributed by atoms with van der Waals surface area (Å²) in [5.74, 6) is 0.692. The van der Waals surface area contributed by atoms with Crippen molar-refractivity contribution in [1.29, 1.82) is 0 Å². The van der Waals surface area contributed by atoms with Crippen molar-refractivity contribution in [3.8, 4) is 0 Å². The molecule has 1 aromatic heterocycles. The van der Waals surface area contributed by atoms with Crippen molar-refractivity contribution >= 4 is 0 Å². The molecule has 82 valence electrons. The molecule has 3 heterocycles. The molecule has 0 bridgehead atoms. The van der Waals surface area contributed by atoms with Crippen LogP contribution in [0.4, 0.5) is 0 Å². The van der Waals surface area contributed by atoms with Gasteiger partial charge in [-0.15, -0.1) is 0 Å². The van der Waals surface area contributed by atoms with E-state index >= 15 is 0 Å². The van der Waals surface area contributed by atoms with Crippen LogP contribution >= 0.6 is 0 Å². The van der Waals surface area contributed by atoms with Gasteiger partial charge in [-0.05, 0) is 0 Å². The molecular formula is C10H15N3O2. The Morgan fingerprint density at radius 1 is 1.47 bits per heavy atom. The lowest BCUT2D eigenvalue weighted by Gasteiger charge is -2.21. The lowest BCUT2D eigenvalue weighted by Crippen LogP contribution is -2.34. The second-order valence-corrected chi connectivity index (χ2v) is 4.10. The Kier molecular flexibility index (Phi) is 2.23. The van der Waals surface area contributed by atoms with Crippen molar-refractivity contribution in [3.05, 3.63) is 18.2 Å². The highest BCUT2D eigenvalue weighted by Gasteiger charge is 2.43. The molecule has 2 aliphatic heterocycles. The zero-order valence-electron chi connectivity index (χ0n) is 8.61. The molecule has 15 heavy (non-hydrogen) atoms. The topological polar surface area (TPSA) is 50.4 Å². The number of rotatable bonds is 2. The first kappa shape index (κ1) is 9.33. The number of ether oxygens (including phenoxy) is 2. The summed E-state index contributed by atoms with van der Waals surface area (Å²) in [7, 11) is 0. The first-order valence-corrected chi connectivity index (χ1v) is 5.35. The minimum atomic E-state index is -0.313. The Balaban J connectivity index is 1.61. The molecular weight excluding hydrogens is 194 g/mol. The molecule has 0 atom stereocenters. The summed E-state index contributed by atoms with van der Waals surface area (Å²) in [6, 6.07) is 0. The summed E-state index contributed by atoms with van der Waals surface area (Å²) < 4.78 is 11.3. The molecule has 0 amide bonds. The fourth-order valence-corrected chi connectivity index (χ4v) is 2.29. The quantitative estimate of drug-likeness (QED) is 0.764. The fraction of sp³-hybridized carbons (Fsp3) is 0.700. The zero-order valence-corrected chi connectivity index (χ0v) is 8.61. The maximum Gasteiger partial charge on any atom is 0.182 e. The first-order chi connectivity index (χ1) is 7.36. The van der Waals surface area contributed by atoms with E-state index in [1.165, 1.54) is 0 Å². The highest BCUT2D eigenvalue weighted by atomic mass is 16.7. The van der Waals surface area contributed by atoms with Crippen LogP contribution in [0, 0.1) is 0 Å². The number of imidazole rings is 1. The summed E-state index contributed by atoms with van der Waals surface area (Å²) in [4.78, 5) is 9.63. The van der Waals surface area contributed by atoms with Crippen molar-refractivity contribution in [1.82, 2.24) is 14.9 Å². The van der Waals surface area contributed by atoms with E-state index in [4.69, 9.17) is 9.47 Å². The van der Waals surface area contributed by atoms with Crippen LogP contribution < -0.4 is 0 Å². The van der Waals surface area contributed by atoms with E-state index < -0.39 is 0 Å². The molecule has 3 rings (SSSR count). The Labute approximate surface area is 88.4 Å². The van der Waals surface area contributed by atoms with Gasteiger partial charge in [-0.25, -0.2) is 4.98 Å². The number of aromatic amines is 1. The molecule has 0 saturated carbocycles. The summed E-state index contributed by atoms with van der Waals surface area (Å²) in [5.41, 5.74) is 0. The van der Waals surface area contributed by atoms with Crippen molar-refractivity contribution in [2.24, 2.45) is 0 Å². The molecule has 2 saturated heterocycles. The summed E-state index contributed by atoms with van der Waals surface area (Å²) in [6.45, 7) is 4.18. The van der Waals surface area contributed by atoms with Gasteiger partial charge in [-0.1, -0.05) is 0 Å². The molecule has 1 aromatic rings. The van der Waals surface area contributed by atoms with E-state index in [0.29, 0.717) is 0 Å². The SMILES string of the molecule is c1c[nH]c(CN2CCC3(C2)OCCO3)n1. The minimum Gasteiger partial charge on any atom is -0.348 e. The lowest BCUT2D eigenvalue weighted by molar-refractivity contribution is -0.145. The molecule has 0 unspecified atom stereocenters. The van der Waals surface area contributed by atoms with Crippen LogP contribution in [0.1, 0.15) is 12.2 Å². The van der Waals surface area contributed by atoms with E-state index in [2.05, 4.69) is 14.9 Å². The molecule has 5 heteroatoms. The van der Waals surface area contributed by atoms with Crippen molar-refractivity contribution in [2.75, 3.05) is 26.3 Å². The largest absolute Gasteiger partial charge is 0.348 e. The number of H-pyrrole nitrogens is 1. The van der Waals surface area contributed by atoms with Crippen molar-refractivity contribution in [2.45, 2.75) is 18.8 Å². The smallest absolute Gasteiger partial charge is 0.182 e. The molecule has 0 radical (unpaired) electrons. The van der Waals surface area contributed by atoms with E-state index in [1.54, 1.807) is 6.20 Å². The molecule has 1 spiro atoms. The molecule has 2 fully saturated rings. The van der Waals surface area contributed by atoms with Crippen LogP contribution in [0.25, 0.3) is 0 Å². The third-order valence-electron chi connectivity index (χ3n) is 3.02. The standard InChI is InChI=1S/C10H15N3O2/c1-4-13(7-9-11-2-3-12-9)8-10(1)14-5-6-15-10/h2-3H,1,4-8H2,(H,11,12). The van der Waals surface area contributed by atoms with E-state index in [1.807, 2.05) is 6.20 Å². The van der Waals surface area contributed by atoms with Crippen LogP contribution in [0.15, 0.2) is 12.4 Å². The molecule has 0 aromatic carbocycles. The summed E-state index contributed by atoms with van der Waals surface area (Å²) in [5, 5.41) is 0. The molecule has 1 N–H and O–H groups in total. The van der Waals surface area contributed by atoms with Gasteiger partial charge in [-0.2, -0.15) is 0 Å². The van der Waals surface area contributed by atoms with Gasteiger partial charge >= 0.3 is 0 Å². The van der Waals surface area contributed by atoms with Crippen LogP contribution in [-0.4, -0.2) is 47.0 Å². The van der Waals surface area contributed by atoms with E-state index in [9.17, 15) is 0 Å². The number of aromatic nitrogens is 2. The van der Waals surface area contributed by atoms with Crippen LogP contribution in [-0.2, 0) is 16.0 Å². The van der Waals surface area contributed by atoms with Gasteiger partial charge in [0.15, 0.2) is 5.79 Å². The summed E-state index contributed by atoms with van der Waals surface area (Å²) >= 11 is 0. The van der Waals surface area contributed by atoms with Crippen LogP contribution in [0.2, 0.25) is 0 Å². The third kappa shape index (κ3) is 1.78. The number of likely N-dealkylation sites (tertiary alicyclic amines) is 1. The van der Waals surface area contributed by atoms with Gasteiger partial charge in [0.2, 0.25) is 0 Å². The highest BCUT2D eigenvalue weighted by Crippen LogP contribution is 2.30. The van der Waals surface area contributed by atoms with Gasteiger partial charge in [0.1, 0.15) is 5.82 Å².